The summed E-state index contributed by atoms with van der Waals surface area (Å²) in [4.78, 5) is 15.3. The van der Waals surface area contributed by atoms with Gasteiger partial charge in [-0.1, -0.05) is 18.2 Å². The second-order valence-electron chi connectivity index (χ2n) is 5.45. The van der Waals surface area contributed by atoms with Crippen LogP contribution in [-0.2, 0) is 11.2 Å². The Bertz CT molecular complexity index is 594. The zero-order chi connectivity index (χ0) is 15.2. The number of carbonyl (C=O) groups excluding carboxylic acids is 1. The fraction of sp³-hybridized carbons (Fsp3) is 0.438. The van der Waals surface area contributed by atoms with Crippen LogP contribution < -0.4 is 11.1 Å². The number of aliphatic hydroxyl groups excluding tert-OH is 1. The quantitative estimate of drug-likeness (QED) is 0.619. The van der Waals surface area contributed by atoms with Crippen molar-refractivity contribution in [2.75, 3.05) is 6.61 Å². The fourth-order valence-electron chi connectivity index (χ4n) is 2.45. The van der Waals surface area contributed by atoms with Crippen LogP contribution in [-0.4, -0.2) is 34.7 Å². The van der Waals surface area contributed by atoms with E-state index in [1.807, 2.05) is 37.4 Å². The maximum absolute atomic E-state index is 12.1. The number of carbonyl (C=O) groups is 1. The first kappa shape index (κ1) is 15.5. The molecular formula is C16H23N3O2. The van der Waals surface area contributed by atoms with E-state index in [-0.39, 0.29) is 18.6 Å². The lowest BCUT2D eigenvalue weighted by Gasteiger charge is -2.17. The molecule has 0 bridgehead atoms. The van der Waals surface area contributed by atoms with E-state index in [0.717, 1.165) is 22.9 Å². The molecule has 5 nitrogen and oxygen atoms in total. The van der Waals surface area contributed by atoms with Gasteiger partial charge in [-0.25, -0.2) is 0 Å². The third-order valence-electron chi connectivity index (χ3n) is 3.64. The van der Waals surface area contributed by atoms with E-state index in [0.29, 0.717) is 12.8 Å². The minimum atomic E-state index is -0.569. The van der Waals surface area contributed by atoms with Crippen molar-refractivity contribution >= 4 is 16.8 Å². The average Bonchev–Trinajstić information content (AvgIpc) is 2.88. The van der Waals surface area contributed by atoms with Crippen molar-refractivity contribution < 1.29 is 9.90 Å². The van der Waals surface area contributed by atoms with Crippen LogP contribution in [0.4, 0.5) is 0 Å². The number of aromatic nitrogens is 1. The molecule has 1 heterocycles. The van der Waals surface area contributed by atoms with E-state index in [1.165, 1.54) is 0 Å². The Kier molecular flexibility index (Phi) is 5.36. The van der Waals surface area contributed by atoms with E-state index in [9.17, 15) is 4.79 Å². The highest BCUT2D eigenvalue weighted by Gasteiger charge is 2.17. The zero-order valence-electron chi connectivity index (χ0n) is 12.3. The molecular weight excluding hydrogens is 266 g/mol. The Labute approximate surface area is 124 Å². The lowest BCUT2D eigenvalue weighted by molar-refractivity contribution is -0.123. The van der Waals surface area contributed by atoms with Crippen LogP contribution in [0, 0.1) is 0 Å². The lowest BCUT2D eigenvalue weighted by atomic mass is 10.0. The van der Waals surface area contributed by atoms with Gasteiger partial charge >= 0.3 is 0 Å². The third-order valence-corrected chi connectivity index (χ3v) is 3.64. The van der Waals surface area contributed by atoms with E-state index in [2.05, 4.69) is 10.3 Å². The maximum Gasteiger partial charge on any atom is 0.237 e. The number of para-hydroxylation sites is 1. The number of nitrogens with two attached hydrogens (primary N) is 1. The molecule has 0 saturated carbocycles. The van der Waals surface area contributed by atoms with Crippen molar-refractivity contribution in [3.8, 4) is 0 Å². The monoisotopic (exact) mass is 289 g/mol. The van der Waals surface area contributed by atoms with Crippen molar-refractivity contribution in [1.82, 2.24) is 10.3 Å². The summed E-state index contributed by atoms with van der Waals surface area (Å²) in [5.74, 6) is -0.147. The average molecular weight is 289 g/mol. The van der Waals surface area contributed by atoms with Crippen LogP contribution in [0.5, 0.6) is 0 Å². The molecule has 0 radical (unpaired) electrons. The molecule has 1 aromatic carbocycles. The van der Waals surface area contributed by atoms with Gasteiger partial charge in [-0.05, 0) is 37.8 Å². The van der Waals surface area contributed by atoms with Crippen LogP contribution in [0.15, 0.2) is 30.5 Å². The zero-order valence-corrected chi connectivity index (χ0v) is 12.3. The summed E-state index contributed by atoms with van der Waals surface area (Å²) < 4.78 is 0. The van der Waals surface area contributed by atoms with Gasteiger partial charge in [0.25, 0.3) is 0 Å². The number of fused-ring (bicyclic) bond motifs is 1. The van der Waals surface area contributed by atoms with Gasteiger partial charge in [0.2, 0.25) is 5.91 Å². The Morgan fingerprint density at radius 1 is 1.43 bits per heavy atom. The minimum absolute atomic E-state index is 0.0265. The van der Waals surface area contributed by atoms with Crippen molar-refractivity contribution in [3.63, 3.8) is 0 Å². The van der Waals surface area contributed by atoms with Gasteiger partial charge in [0, 0.05) is 29.7 Å². The number of hydrogen-bond acceptors (Lipinski definition) is 3. The molecule has 0 aliphatic heterocycles. The molecule has 5 N–H and O–H groups in total. The van der Waals surface area contributed by atoms with Gasteiger partial charge in [0.1, 0.15) is 0 Å². The second kappa shape index (κ2) is 7.24. The fourth-order valence-corrected chi connectivity index (χ4v) is 2.45. The topological polar surface area (TPSA) is 91.1 Å². The van der Waals surface area contributed by atoms with Gasteiger partial charge in [-0.3, -0.25) is 4.79 Å². The molecule has 0 spiro atoms. The highest BCUT2D eigenvalue weighted by molar-refractivity contribution is 5.86. The number of rotatable bonds is 7. The lowest BCUT2D eigenvalue weighted by Crippen LogP contribution is -2.45. The maximum atomic E-state index is 12.1. The van der Waals surface area contributed by atoms with Gasteiger partial charge in [-0.2, -0.15) is 0 Å². The number of H-pyrrole nitrogens is 1. The van der Waals surface area contributed by atoms with Crippen LogP contribution in [0.1, 0.15) is 25.3 Å². The summed E-state index contributed by atoms with van der Waals surface area (Å²) in [6, 6.07) is 7.43. The molecule has 1 aromatic heterocycles. The summed E-state index contributed by atoms with van der Waals surface area (Å²) in [6.45, 7) is 2.06. The largest absolute Gasteiger partial charge is 0.396 e. The Balaban J connectivity index is 1.94. The Hall–Kier alpha value is -1.85. The normalized spacial score (nSPS) is 14.0. The Morgan fingerprint density at radius 3 is 2.95 bits per heavy atom. The highest BCUT2D eigenvalue weighted by Crippen LogP contribution is 2.18. The van der Waals surface area contributed by atoms with Gasteiger partial charge in [0.15, 0.2) is 0 Å². The molecule has 0 saturated heterocycles. The van der Waals surface area contributed by atoms with Crippen molar-refractivity contribution in [1.29, 1.82) is 0 Å². The third kappa shape index (κ3) is 4.06. The first-order valence-corrected chi connectivity index (χ1v) is 7.33. The smallest absolute Gasteiger partial charge is 0.237 e. The van der Waals surface area contributed by atoms with E-state index in [4.69, 9.17) is 10.8 Å². The predicted molar refractivity (Wildman–Crippen MR) is 83.9 cm³/mol. The molecule has 1 amide bonds. The molecule has 1 unspecified atom stereocenters. The summed E-state index contributed by atoms with van der Waals surface area (Å²) >= 11 is 0. The number of benzene rings is 1. The summed E-state index contributed by atoms with van der Waals surface area (Å²) in [6.07, 6.45) is 3.84. The number of hydrogen-bond donors (Lipinski definition) is 4. The molecule has 2 aromatic rings. The SMILES string of the molecule is CC(CCCO)NC(=O)[C@@H](N)Cc1c[nH]c2ccccc12. The first-order valence-electron chi connectivity index (χ1n) is 7.33. The van der Waals surface area contributed by atoms with E-state index in [1.54, 1.807) is 0 Å². The van der Waals surface area contributed by atoms with Crippen LogP contribution in [0.2, 0.25) is 0 Å². The number of aliphatic hydroxyl groups is 1. The van der Waals surface area contributed by atoms with Gasteiger partial charge < -0.3 is 21.1 Å². The Morgan fingerprint density at radius 2 is 2.19 bits per heavy atom. The summed E-state index contributed by atoms with van der Waals surface area (Å²) in [5, 5.41) is 12.8. The summed E-state index contributed by atoms with van der Waals surface area (Å²) in [7, 11) is 0. The molecule has 0 aliphatic carbocycles. The number of nitrogens with one attached hydrogen (secondary N) is 2. The van der Waals surface area contributed by atoms with E-state index >= 15 is 0 Å². The molecule has 114 valence electrons. The molecule has 21 heavy (non-hydrogen) atoms. The number of amides is 1. The van der Waals surface area contributed by atoms with Crippen LogP contribution in [0.25, 0.3) is 10.9 Å². The standard InChI is InChI=1S/C16H23N3O2/c1-11(5-4-8-20)19-16(21)14(17)9-12-10-18-15-7-3-2-6-13(12)15/h2-3,6-7,10-11,14,18,20H,4-5,8-9,17H2,1H3,(H,19,21)/t11?,14-/m0/s1. The van der Waals surface area contributed by atoms with E-state index < -0.39 is 6.04 Å². The second-order valence-corrected chi connectivity index (χ2v) is 5.45. The molecule has 0 fully saturated rings. The molecule has 0 aliphatic rings. The minimum Gasteiger partial charge on any atom is -0.396 e. The van der Waals surface area contributed by atoms with Gasteiger partial charge in [0.05, 0.1) is 6.04 Å². The van der Waals surface area contributed by atoms with Gasteiger partial charge in [-0.15, -0.1) is 0 Å². The van der Waals surface area contributed by atoms with Crippen molar-refractivity contribution in [3.05, 3.63) is 36.0 Å². The molecule has 5 heteroatoms. The van der Waals surface area contributed by atoms with Crippen LogP contribution >= 0.6 is 0 Å². The highest BCUT2D eigenvalue weighted by atomic mass is 16.3. The number of aromatic amines is 1. The first-order chi connectivity index (χ1) is 10.1. The van der Waals surface area contributed by atoms with Crippen molar-refractivity contribution in [2.24, 2.45) is 5.73 Å². The summed E-state index contributed by atoms with van der Waals surface area (Å²) in [5.41, 5.74) is 8.11. The molecule has 2 rings (SSSR count). The predicted octanol–water partition coefficient (Wildman–Crippen LogP) is 1.31. The van der Waals surface area contributed by atoms with Crippen LogP contribution in [0.3, 0.4) is 0 Å². The van der Waals surface area contributed by atoms with Crippen molar-refractivity contribution in [2.45, 2.75) is 38.3 Å². The molecule has 2 atom stereocenters.